The molecule has 1 atom stereocenters. The molecule has 0 saturated heterocycles. The molecule has 134 valence electrons. The summed E-state index contributed by atoms with van der Waals surface area (Å²) in [5, 5.41) is 9.56. The van der Waals surface area contributed by atoms with E-state index in [1.165, 1.54) is 0 Å². The normalized spacial score (nSPS) is 13.0. The molecule has 0 unspecified atom stereocenters. The van der Waals surface area contributed by atoms with Crippen LogP contribution in [0.1, 0.15) is 17.5 Å². The fourth-order valence-electron chi connectivity index (χ4n) is 3.13. The van der Waals surface area contributed by atoms with Gasteiger partial charge in [0.15, 0.2) is 5.65 Å². The average Bonchev–Trinajstić information content (AvgIpc) is 3.25. The standard InChI is InChI=1S/C19H20ClN5O/c1-12-17(20)19-22-18(13-7-4-5-8-14(13)25(19)23-12)21-11-15(24(2)3)16-9-6-10-26-16/h4-10,15H,11H2,1-3H3,(H,21,22)/t15-/m1/s1. The Bertz CT molecular complexity index is 1050. The van der Waals surface area contributed by atoms with Gasteiger partial charge in [0.25, 0.3) is 0 Å². The quantitative estimate of drug-likeness (QED) is 0.572. The number of furan rings is 1. The van der Waals surface area contributed by atoms with Crippen LogP contribution in [0.25, 0.3) is 16.6 Å². The van der Waals surface area contributed by atoms with Gasteiger partial charge in [-0.2, -0.15) is 5.10 Å². The average molecular weight is 370 g/mol. The van der Waals surface area contributed by atoms with E-state index in [1.54, 1.807) is 10.8 Å². The Morgan fingerprint density at radius 2 is 2.04 bits per heavy atom. The highest BCUT2D eigenvalue weighted by atomic mass is 35.5. The Labute approximate surface area is 156 Å². The van der Waals surface area contributed by atoms with Crippen LogP contribution >= 0.6 is 11.6 Å². The van der Waals surface area contributed by atoms with Crippen LogP contribution in [0.2, 0.25) is 5.02 Å². The van der Waals surface area contributed by atoms with E-state index in [0.29, 0.717) is 17.2 Å². The third-order valence-corrected chi connectivity index (χ3v) is 4.97. The zero-order valence-corrected chi connectivity index (χ0v) is 15.7. The maximum atomic E-state index is 6.41. The monoisotopic (exact) mass is 369 g/mol. The second-order valence-corrected chi connectivity index (χ2v) is 6.87. The molecule has 0 fully saturated rings. The van der Waals surface area contributed by atoms with Crippen LogP contribution in [0.4, 0.5) is 5.82 Å². The van der Waals surface area contributed by atoms with E-state index in [2.05, 4.69) is 15.3 Å². The van der Waals surface area contributed by atoms with E-state index in [9.17, 15) is 0 Å². The van der Waals surface area contributed by atoms with E-state index >= 15 is 0 Å². The Morgan fingerprint density at radius 1 is 1.23 bits per heavy atom. The lowest BCUT2D eigenvalue weighted by atomic mass is 10.2. The van der Waals surface area contributed by atoms with Crippen LogP contribution in [-0.4, -0.2) is 40.1 Å². The van der Waals surface area contributed by atoms with Crippen LogP contribution in [0.5, 0.6) is 0 Å². The third kappa shape index (κ3) is 2.81. The van der Waals surface area contributed by atoms with Gasteiger partial charge in [-0.25, -0.2) is 9.50 Å². The minimum Gasteiger partial charge on any atom is -0.468 e. The van der Waals surface area contributed by atoms with Crippen molar-refractivity contribution < 1.29 is 4.42 Å². The Balaban J connectivity index is 1.76. The lowest BCUT2D eigenvalue weighted by molar-refractivity contribution is 0.269. The van der Waals surface area contributed by atoms with E-state index in [-0.39, 0.29) is 6.04 Å². The van der Waals surface area contributed by atoms with Gasteiger partial charge in [0.2, 0.25) is 0 Å². The van der Waals surface area contributed by atoms with E-state index in [0.717, 1.165) is 28.2 Å². The molecule has 0 saturated carbocycles. The number of hydrogen-bond donors (Lipinski definition) is 1. The fraction of sp³-hybridized carbons (Fsp3) is 0.263. The summed E-state index contributed by atoms with van der Waals surface area (Å²) in [5.74, 6) is 1.69. The van der Waals surface area contributed by atoms with Gasteiger partial charge in [-0.3, -0.25) is 4.90 Å². The number of anilines is 1. The molecule has 1 N–H and O–H groups in total. The number of nitrogens with one attached hydrogen (secondary N) is 1. The van der Waals surface area contributed by atoms with Crippen molar-refractivity contribution >= 4 is 34.0 Å². The van der Waals surface area contributed by atoms with E-state index in [4.69, 9.17) is 21.0 Å². The molecule has 0 spiro atoms. The van der Waals surface area contributed by atoms with Gasteiger partial charge in [0, 0.05) is 11.9 Å². The second kappa shape index (κ2) is 6.63. The van der Waals surface area contributed by atoms with Crippen LogP contribution in [0, 0.1) is 6.92 Å². The summed E-state index contributed by atoms with van der Waals surface area (Å²) < 4.78 is 7.39. The fourth-order valence-corrected chi connectivity index (χ4v) is 3.29. The van der Waals surface area contributed by atoms with Crippen LogP contribution < -0.4 is 5.32 Å². The molecule has 0 aliphatic heterocycles. The zero-order valence-electron chi connectivity index (χ0n) is 14.9. The van der Waals surface area contributed by atoms with Crippen molar-refractivity contribution in [2.24, 2.45) is 0 Å². The van der Waals surface area contributed by atoms with Gasteiger partial charge >= 0.3 is 0 Å². The molecule has 1 aromatic carbocycles. The maximum Gasteiger partial charge on any atom is 0.176 e. The third-order valence-electron chi connectivity index (χ3n) is 4.53. The van der Waals surface area contributed by atoms with Crippen molar-refractivity contribution in [2.75, 3.05) is 26.0 Å². The molecular formula is C19H20ClN5O. The van der Waals surface area contributed by atoms with Crippen LogP contribution in [0.15, 0.2) is 47.1 Å². The molecule has 0 bridgehead atoms. The highest BCUT2D eigenvalue weighted by Crippen LogP contribution is 2.29. The van der Waals surface area contributed by atoms with Gasteiger partial charge < -0.3 is 9.73 Å². The van der Waals surface area contributed by atoms with Crippen molar-refractivity contribution in [1.29, 1.82) is 0 Å². The van der Waals surface area contributed by atoms with E-state index in [1.807, 2.05) is 57.4 Å². The number of nitrogens with zero attached hydrogens (tertiary/aromatic N) is 4. The molecule has 6 nitrogen and oxygen atoms in total. The maximum absolute atomic E-state index is 6.41. The second-order valence-electron chi connectivity index (χ2n) is 6.49. The molecule has 3 aromatic heterocycles. The first-order valence-corrected chi connectivity index (χ1v) is 8.81. The molecular weight excluding hydrogens is 350 g/mol. The number of aryl methyl sites for hydroxylation is 1. The van der Waals surface area contributed by atoms with Crippen molar-refractivity contribution in [3.63, 3.8) is 0 Å². The molecule has 26 heavy (non-hydrogen) atoms. The first-order chi connectivity index (χ1) is 12.6. The van der Waals surface area contributed by atoms with Crippen LogP contribution in [-0.2, 0) is 0 Å². The van der Waals surface area contributed by atoms with Gasteiger partial charge in [-0.1, -0.05) is 23.7 Å². The number of aromatic nitrogens is 3. The number of halogens is 1. The molecule has 3 heterocycles. The lowest BCUT2D eigenvalue weighted by Crippen LogP contribution is -2.26. The summed E-state index contributed by atoms with van der Waals surface area (Å²) in [4.78, 5) is 6.86. The zero-order chi connectivity index (χ0) is 18.3. The highest BCUT2D eigenvalue weighted by molar-refractivity contribution is 6.34. The molecule has 0 aliphatic rings. The number of rotatable bonds is 5. The van der Waals surface area contributed by atoms with Gasteiger partial charge in [0.1, 0.15) is 16.6 Å². The Morgan fingerprint density at radius 3 is 2.77 bits per heavy atom. The highest BCUT2D eigenvalue weighted by Gasteiger charge is 2.19. The summed E-state index contributed by atoms with van der Waals surface area (Å²) in [7, 11) is 4.06. The Kier molecular flexibility index (Phi) is 4.30. The number of benzene rings is 1. The molecule has 4 aromatic rings. The molecule has 7 heteroatoms. The Hall–Kier alpha value is -2.57. The largest absolute Gasteiger partial charge is 0.468 e. The summed E-state index contributed by atoms with van der Waals surface area (Å²) in [6.45, 7) is 2.54. The van der Waals surface area contributed by atoms with E-state index < -0.39 is 0 Å². The summed E-state index contributed by atoms with van der Waals surface area (Å²) in [6, 6.07) is 12.0. The van der Waals surface area contributed by atoms with Gasteiger partial charge in [0.05, 0.1) is 23.5 Å². The van der Waals surface area contributed by atoms with Crippen molar-refractivity contribution in [3.8, 4) is 0 Å². The molecule has 4 rings (SSSR count). The lowest BCUT2D eigenvalue weighted by Gasteiger charge is -2.23. The minimum absolute atomic E-state index is 0.0870. The summed E-state index contributed by atoms with van der Waals surface area (Å²) in [5.41, 5.74) is 2.39. The smallest absolute Gasteiger partial charge is 0.176 e. The summed E-state index contributed by atoms with van der Waals surface area (Å²) in [6.07, 6.45) is 1.69. The molecule has 0 aliphatic carbocycles. The summed E-state index contributed by atoms with van der Waals surface area (Å²) >= 11 is 6.41. The SMILES string of the molecule is Cc1nn2c(nc(NC[C@H](c3ccco3)N(C)C)c3ccccc32)c1Cl. The minimum atomic E-state index is 0.0870. The number of hydrogen-bond acceptors (Lipinski definition) is 5. The van der Waals surface area contributed by atoms with Crippen molar-refractivity contribution in [1.82, 2.24) is 19.5 Å². The topological polar surface area (TPSA) is 58.6 Å². The van der Waals surface area contributed by atoms with Crippen molar-refractivity contribution in [2.45, 2.75) is 13.0 Å². The number of fused-ring (bicyclic) bond motifs is 3. The van der Waals surface area contributed by atoms with Gasteiger partial charge in [-0.05, 0) is 45.3 Å². The number of para-hydroxylation sites is 1. The number of likely N-dealkylation sites (N-methyl/N-ethyl adjacent to an activating group) is 1. The molecule has 0 amide bonds. The van der Waals surface area contributed by atoms with Crippen molar-refractivity contribution in [3.05, 3.63) is 59.1 Å². The first-order valence-electron chi connectivity index (χ1n) is 8.43. The predicted molar refractivity (Wildman–Crippen MR) is 104 cm³/mol. The first kappa shape index (κ1) is 16.9. The molecule has 0 radical (unpaired) electrons. The van der Waals surface area contributed by atoms with Crippen LogP contribution in [0.3, 0.4) is 0 Å². The van der Waals surface area contributed by atoms with Gasteiger partial charge in [-0.15, -0.1) is 0 Å². The predicted octanol–water partition coefficient (Wildman–Crippen LogP) is 4.15.